The minimum Gasteiger partial charge on any atom is -0.489 e. The third-order valence-electron chi connectivity index (χ3n) is 5.67. The second-order valence-corrected chi connectivity index (χ2v) is 8.59. The Labute approximate surface area is 241 Å². The summed E-state index contributed by atoms with van der Waals surface area (Å²) in [6.07, 6.45) is -4.43. The topological polar surface area (TPSA) is 100 Å². The van der Waals surface area contributed by atoms with Gasteiger partial charge < -0.3 is 24.0 Å². The molecule has 0 atom stereocenters. The van der Waals surface area contributed by atoms with Crippen LogP contribution < -0.4 is 4.74 Å². The number of ether oxygens (including phenoxy) is 2. The van der Waals surface area contributed by atoms with Gasteiger partial charge in [0.2, 0.25) is 0 Å². The van der Waals surface area contributed by atoms with E-state index in [1.807, 2.05) is 0 Å². The highest BCUT2D eigenvalue weighted by atomic mass is 19.4. The van der Waals surface area contributed by atoms with E-state index in [0.29, 0.717) is 46.0 Å². The quantitative estimate of drug-likeness (QED) is 0.136. The summed E-state index contributed by atoms with van der Waals surface area (Å²) in [6, 6.07) is 18.7. The van der Waals surface area contributed by atoms with E-state index in [9.17, 15) is 18.0 Å². The van der Waals surface area contributed by atoms with E-state index in [-0.39, 0.29) is 18.9 Å². The summed E-state index contributed by atoms with van der Waals surface area (Å²) < 4.78 is 49.4. The average Bonchev–Trinajstić information content (AvgIpc) is 2.99. The molecule has 3 aromatic carbocycles. The molecule has 12 heteroatoms. The Kier molecular flexibility index (Phi) is 11.5. The Morgan fingerprint density at radius 3 is 2.24 bits per heavy atom. The van der Waals surface area contributed by atoms with Crippen molar-refractivity contribution < 1.29 is 42.0 Å². The molecule has 0 radical (unpaired) electrons. The van der Waals surface area contributed by atoms with Gasteiger partial charge in [-0.2, -0.15) is 13.2 Å². The van der Waals surface area contributed by atoms with Gasteiger partial charge in [0.1, 0.15) is 44.1 Å². The van der Waals surface area contributed by atoms with E-state index in [1.54, 1.807) is 68.4 Å². The Morgan fingerprint density at radius 1 is 0.833 bits per heavy atom. The summed E-state index contributed by atoms with van der Waals surface area (Å²) in [6.45, 7) is 3.75. The first kappa shape index (κ1) is 31.7. The molecule has 0 heterocycles. The highest BCUT2D eigenvalue weighted by Gasteiger charge is 2.30. The number of rotatable bonds is 13. The van der Waals surface area contributed by atoms with Crippen molar-refractivity contribution in [1.82, 2.24) is 0 Å². The molecule has 222 valence electrons. The molecule has 0 unspecified atom stereocenters. The Bertz CT molecular complexity index is 1440. The van der Waals surface area contributed by atoms with Gasteiger partial charge >= 0.3 is 12.1 Å². The van der Waals surface area contributed by atoms with Crippen molar-refractivity contribution in [2.75, 3.05) is 20.8 Å². The third kappa shape index (κ3) is 8.82. The van der Waals surface area contributed by atoms with Crippen LogP contribution in [-0.2, 0) is 43.4 Å². The maximum Gasteiger partial charge on any atom is 0.416 e. The zero-order valence-electron chi connectivity index (χ0n) is 23.5. The summed E-state index contributed by atoms with van der Waals surface area (Å²) >= 11 is 0. The van der Waals surface area contributed by atoms with Crippen molar-refractivity contribution in [3.63, 3.8) is 0 Å². The monoisotopic (exact) mass is 585 g/mol. The lowest BCUT2D eigenvalue weighted by Crippen LogP contribution is -2.19. The zero-order chi connectivity index (χ0) is 30.5. The molecular weight excluding hydrogens is 555 g/mol. The maximum absolute atomic E-state index is 13.0. The van der Waals surface area contributed by atoms with Gasteiger partial charge in [-0.1, -0.05) is 51.9 Å². The predicted molar refractivity (Wildman–Crippen MR) is 150 cm³/mol. The summed E-state index contributed by atoms with van der Waals surface area (Å²) in [5.41, 5.74) is 2.14. The number of nitrogens with zero attached hydrogens (tertiary/aromatic N) is 3. The normalized spacial score (nSPS) is 12.5. The fourth-order valence-corrected chi connectivity index (χ4v) is 3.67. The lowest BCUT2D eigenvalue weighted by Gasteiger charge is -2.11. The average molecular weight is 586 g/mol. The number of carbonyl (C=O) groups excluding carboxylic acids is 1. The molecule has 0 fully saturated rings. The van der Waals surface area contributed by atoms with Crippen LogP contribution in [0.2, 0.25) is 0 Å². The fraction of sp³-hybridized carbons (Fsp3) is 0.267. The van der Waals surface area contributed by atoms with Crippen LogP contribution in [0.3, 0.4) is 0 Å². The lowest BCUT2D eigenvalue weighted by molar-refractivity contribution is -0.137. The molecule has 42 heavy (non-hydrogen) atoms. The molecule has 0 aliphatic rings. The molecular formula is C30H30F3N3O6. The van der Waals surface area contributed by atoms with E-state index in [2.05, 4.69) is 15.5 Å². The molecule has 0 bridgehead atoms. The molecule has 0 spiro atoms. The highest BCUT2D eigenvalue weighted by Crippen LogP contribution is 2.29. The molecule has 3 aromatic rings. The molecule has 9 nitrogen and oxygen atoms in total. The molecule has 0 aliphatic carbocycles. The van der Waals surface area contributed by atoms with Crippen LogP contribution in [0.25, 0.3) is 0 Å². The van der Waals surface area contributed by atoms with E-state index in [0.717, 1.165) is 12.1 Å². The van der Waals surface area contributed by atoms with E-state index >= 15 is 0 Å². The van der Waals surface area contributed by atoms with Gasteiger partial charge in [-0.15, -0.1) is 0 Å². The first-order valence-corrected chi connectivity index (χ1v) is 12.7. The molecule has 0 amide bonds. The van der Waals surface area contributed by atoms with Gasteiger partial charge in [-0.3, -0.25) is 0 Å². The van der Waals surface area contributed by atoms with Crippen molar-refractivity contribution in [3.05, 3.63) is 101 Å². The Hall–Kier alpha value is -4.87. The predicted octanol–water partition coefficient (Wildman–Crippen LogP) is 6.14. The molecule has 0 N–H and O–H groups in total. The summed E-state index contributed by atoms with van der Waals surface area (Å²) in [5, 5.41) is 12.1. The number of esters is 1. The summed E-state index contributed by atoms with van der Waals surface area (Å²) in [4.78, 5) is 27.9. The van der Waals surface area contributed by atoms with Crippen molar-refractivity contribution in [1.29, 1.82) is 0 Å². The third-order valence-corrected chi connectivity index (χ3v) is 5.67. The van der Waals surface area contributed by atoms with Gasteiger partial charge in [-0.05, 0) is 55.8 Å². The SMILES string of the molecule is CCO/N=C(/C(C)=N/OCc1ccccc1/C(=N\OC)C(=O)OC)c1ccc(OCc2cccc(C(F)(F)F)c2)cc1. The molecule has 0 aliphatic heterocycles. The highest BCUT2D eigenvalue weighted by molar-refractivity contribution is 6.47. The maximum atomic E-state index is 13.0. The number of halogens is 3. The van der Waals surface area contributed by atoms with Crippen molar-refractivity contribution >= 4 is 23.1 Å². The Balaban J connectivity index is 1.73. The van der Waals surface area contributed by atoms with Crippen LogP contribution in [0.1, 0.15) is 41.7 Å². The molecule has 0 saturated carbocycles. The second kappa shape index (κ2) is 15.2. The first-order valence-electron chi connectivity index (χ1n) is 12.7. The number of carbonyl (C=O) groups is 1. The van der Waals surface area contributed by atoms with Gasteiger partial charge in [-0.25, -0.2) is 4.79 Å². The molecule has 0 saturated heterocycles. The minimum atomic E-state index is -4.43. The lowest BCUT2D eigenvalue weighted by atomic mass is 10.0. The van der Waals surface area contributed by atoms with E-state index < -0.39 is 17.7 Å². The van der Waals surface area contributed by atoms with Crippen molar-refractivity contribution in [2.24, 2.45) is 15.5 Å². The van der Waals surface area contributed by atoms with E-state index in [1.165, 1.54) is 20.3 Å². The number of benzene rings is 3. The smallest absolute Gasteiger partial charge is 0.416 e. The number of methoxy groups -OCH3 is 1. The van der Waals surface area contributed by atoms with Crippen molar-refractivity contribution in [3.8, 4) is 5.75 Å². The van der Waals surface area contributed by atoms with Gasteiger partial charge in [0, 0.05) is 16.7 Å². The molecule has 3 rings (SSSR count). The zero-order valence-corrected chi connectivity index (χ0v) is 23.5. The standard InChI is InChI=1S/C30H30F3N3O6/c1-5-41-36-27(20(2)34-42-19-23-10-6-7-12-26(23)28(35-39-4)29(37)38-3)22-13-15-25(16-14-22)40-18-21-9-8-11-24(17-21)30(31,32)33/h6-17H,5,18-19H2,1-4H3/b34-20+,35-28+,36-27-. The number of hydrogen-bond acceptors (Lipinski definition) is 9. The number of hydrogen-bond donors (Lipinski definition) is 0. The van der Waals surface area contributed by atoms with Crippen LogP contribution in [-0.4, -0.2) is 43.9 Å². The summed E-state index contributed by atoms with van der Waals surface area (Å²) in [7, 11) is 2.57. The fourth-order valence-electron chi connectivity index (χ4n) is 3.67. The minimum absolute atomic E-state index is 0.00251. The van der Waals surface area contributed by atoms with Crippen LogP contribution in [0.4, 0.5) is 13.2 Å². The van der Waals surface area contributed by atoms with Gasteiger partial charge in [0.15, 0.2) is 5.71 Å². The van der Waals surface area contributed by atoms with Crippen LogP contribution in [0.15, 0.2) is 88.3 Å². The summed E-state index contributed by atoms with van der Waals surface area (Å²) in [5.74, 6) is -0.217. The van der Waals surface area contributed by atoms with Crippen LogP contribution in [0.5, 0.6) is 5.75 Å². The number of oxime groups is 3. The number of alkyl halides is 3. The Morgan fingerprint density at radius 2 is 1.57 bits per heavy atom. The molecule has 0 aromatic heterocycles. The largest absolute Gasteiger partial charge is 0.489 e. The van der Waals surface area contributed by atoms with Gasteiger partial charge in [0.05, 0.1) is 12.7 Å². The first-order chi connectivity index (χ1) is 20.2. The van der Waals surface area contributed by atoms with Crippen molar-refractivity contribution in [2.45, 2.75) is 33.2 Å². The second-order valence-electron chi connectivity index (χ2n) is 8.59. The van der Waals surface area contributed by atoms with E-state index in [4.69, 9.17) is 24.0 Å². The van der Waals surface area contributed by atoms with Crippen LogP contribution in [0, 0.1) is 0 Å². The van der Waals surface area contributed by atoms with Crippen LogP contribution >= 0.6 is 0 Å². The van der Waals surface area contributed by atoms with Gasteiger partial charge in [0.25, 0.3) is 0 Å².